The number of hydrogen-bond donors (Lipinski definition) is 1. The topological polar surface area (TPSA) is 72.6 Å². The Balaban J connectivity index is 2.08. The summed E-state index contributed by atoms with van der Waals surface area (Å²) < 4.78 is 48.0. The van der Waals surface area contributed by atoms with Gasteiger partial charge in [-0.15, -0.1) is 0 Å². The summed E-state index contributed by atoms with van der Waals surface area (Å²) in [6.45, 7) is 0.162. The van der Waals surface area contributed by atoms with Crippen LogP contribution in [0.2, 0.25) is 0 Å². The van der Waals surface area contributed by atoms with Crippen LogP contribution in [0.1, 0.15) is 31.2 Å². The maximum Gasteiger partial charge on any atom is 0.404 e. The van der Waals surface area contributed by atoms with E-state index in [1.165, 1.54) is 24.3 Å². The van der Waals surface area contributed by atoms with Crippen molar-refractivity contribution in [2.75, 3.05) is 13.7 Å². The lowest BCUT2D eigenvalue weighted by atomic mass is 9.81. The first-order valence-corrected chi connectivity index (χ1v) is 9.38. The molecule has 9 heteroatoms. The van der Waals surface area contributed by atoms with Gasteiger partial charge in [0.2, 0.25) is 5.91 Å². The molecular formula is C18H22BrF3N2O3. The number of hydrogen-bond acceptors (Lipinski definition) is 3. The number of carbonyl (C=O) groups excluding carboxylic acids is 2. The summed E-state index contributed by atoms with van der Waals surface area (Å²) in [6.07, 6.45) is -2.28. The summed E-state index contributed by atoms with van der Waals surface area (Å²) in [7, 11) is 1.07. The smallest absolute Gasteiger partial charge is 0.404 e. The predicted octanol–water partition coefficient (Wildman–Crippen LogP) is 4.20. The van der Waals surface area contributed by atoms with Crippen LogP contribution in [0, 0.1) is 11.8 Å². The molecule has 1 aliphatic carbocycles. The van der Waals surface area contributed by atoms with Crippen LogP contribution in [0.3, 0.4) is 0 Å². The van der Waals surface area contributed by atoms with E-state index >= 15 is 4.39 Å². The molecule has 2 amide bonds. The summed E-state index contributed by atoms with van der Waals surface area (Å²) in [5.74, 6) is -4.35. The van der Waals surface area contributed by atoms with E-state index in [4.69, 9.17) is 10.5 Å². The summed E-state index contributed by atoms with van der Waals surface area (Å²) in [5.41, 5.74) is 4.65. The van der Waals surface area contributed by atoms with Gasteiger partial charge in [0.15, 0.2) is 0 Å². The lowest BCUT2D eigenvalue weighted by molar-refractivity contribution is -0.173. The first kappa shape index (κ1) is 21.5. The van der Waals surface area contributed by atoms with Crippen molar-refractivity contribution in [3.63, 3.8) is 0 Å². The molecule has 1 saturated carbocycles. The molecule has 5 nitrogen and oxygen atoms in total. The van der Waals surface area contributed by atoms with Crippen LogP contribution >= 0.6 is 15.9 Å². The Morgan fingerprint density at radius 1 is 1.26 bits per heavy atom. The van der Waals surface area contributed by atoms with Crippen molar-refractivity contribution in [3.8, 4) is 0 Å². The molecule has 1 aromatic rings. The van der Waals surface area contributed by atoms with E-state index < -0.39 is 30.1 Å². The van der Waals surface area contributed by atoms with Crippen molar-refractivity contribution in [3.05, 3.63) is 34.3 Å². The molecule has 27 heavy (non-hydrogen) atoms. The summed E-state index contributed by atoms with van der Waals surface area (Å²) in [5, 5.41) is 0. The highest BCUT2D eigenvalue weighted by molar-refractivity contribution is 9.10. The summed E-state index contributed by atoms with van der Waals surface area (Å²) in [6, 6.07) is 5.37. The Morgan fingerprint density at radius 3 is 2.30 bits per heavy atom. The maximum absolute atomic E-state index is 15.3. The van der Waals surface area contributed by atoms with Crippen molar-refractivity contribution >= 4 is 27.9 Å². The molecule has 0 radical (unpaired) electrons. The van der Waals surface area contributed by atoms with Crippen LogP contribution in [-0.2, 0) is 15.3 Å². The second-order valence-corrected chi connectivity index (χ2v) is 7.64. The van der Waals surface area contributed by atoms with Gasteiger partial charge in [0.1, 0.15) is 0 Å². The van der Waals surface area contributed by atoms with Crippen LogP contribution < -0.4 is 5.73 Å². The molecule has 0 bridgehead atoms. The zero-order valence-corrected chi connectivity index (χ0v) is 16.4. The molecule has 0 aromatic heterocycles. The average molecular weight is 451 g/mol. The van der Waals surface area contributed by atoms with Gasteiger partial charge in [0.05, 0.1) is 6.61 Å². The number of nitrogens with zero attached hydrogens (tertiary/aromatic N) is 1. The molecule has 2 rings (SSSR count). The molecule has 0 saturated heterocycles. The standard InChI is InChI=1S/C18H22BrF3N2O3/c1-24(18(22,16(20)21)13-6-8-14(19)9-7-13)15(25)12-4-2-11(3-5-12)10-27-17(23)26/h6-9,11-12,16H,2-5,10H2,1H3,(H2,23,26). The lowest BCUT2D eigenvalue weighted by Crippen LogP contribution is -2.51. The number of halogens is 4. The number of amides is 2. The van der Waals surface area contributed by atoms with Crippen molar-refractivity contribution in [2.45, 2.75) is 37.9 Å². The fraction of sp³-hybridized carbons (Fsp3) is 0.556. The highest BCUT2D eigenvalue weighted by Gasteiger charge is 2.49. The molecule has 1 unspecified atom stereocenters. The first-order chi connectivity index (χ1) is 12.7. The molecule has 1 atom stereocenters. The van der Waals surface area contributed by atoms with E-state index in [9.17, 15) is 18.4 Å². The Hall–Kier alpha value is -1.77. The van der Waals surface area contributed by atoms with Crippen molar-refractivity contribution in [2.24, 2.45) is 17.6 Å². The quantitative estimate of drug-likeness (QED) is 0.660. The number of nitrogens with two attached hydrogens (primary N) is 1. The van der Waals surface area contributed by atoms with Crippen LogP contribution in [0.15, 0.2) is 28.7 Å². The van der Waals surface area contributed by atoms with Crippen LogP contribution in [0.4, 0.5) is 18.0 Å². The normalized spacial score (nSPS) is 22.1. The van der Waals surface area contributed by atoms with E-state index in [1.54, 1.807) is 0 Å². The van der Waals surface area contributed by atoms with Crippen LogP contribution in [-0.4, -0.2) is 37.0 Å². The molecule has 2 N–H and O–H groups in total. The van der Waals surface area contributed by atoms with Crippen molar-refractivity contribution < 1.29 is 27.5 Å². The third-order valence-electron chi connectivity index (χ3n) is 5.01. The van der Waals surface area contributed by atoms with Crippen molar-refractivity contribution in [1.29, 1.82) is 0 Å². The van der Waals surface area contributed by atoms with Gasteiger partial charge in [0.25, 0.3) is 12.2 Å². The van der Waals surface area contributed by atoms with Crippen LogP contribution in [0.5, 0.6) is 0 Å². The minimum atomic E-state index is -3.40. The third kappa shape index (κ3) is 4.94. The highest BCUT2D eigenvalue weighted by atomic mass is 79.9. The number of rotatable bonds is 6. The van der Waals surface area contributed by atoms with Gasteiger partial charge < -0.3 is 15.4 Å². The number of ether oxygens (including phenoxy) is 1. The van der Waals surface area contributed by atoms with Gasteiger partial charge in [0, 0.05) is 23.0 Å². The van der Waals surface area contributed by atoms with E-state index in [0.29, 0.717) is 35.1 Å². The van der Waals surface area contributed by atoms with Gasteiger partial charge in [-0.1, -0.05) is 28.1 Å². The number of benzene rings is 1. The van der Waals surface area contributed by atoms with Gasteiger partial charge in [-0.25, -0.2) is 18.0 Å². The number of primary amides is 1. The average Bonchev–Trinajstić information content (AvgIpc) is 2.65. The lowest BCUT2D eigenvalue weighted by Gasteiger charge is -2.38. The Bertz CT molecular complexity index is 666. The summed E-state index contributed by atoms with van der Waals surface area (Å²) >= 11 is 3.18. The van der Waals surface area contributed by atoms with Gasteiger partial charge in [-0.05, 0) is 43.7 Å². The zero-order valence-electron chi connectivity index (χ0n) is 14.8. The zero-order chi connectivity index (χ0) is 20.2. The number of carbonyl (C=O) groups is 2. The second kappa shape index (κ2) is 8.95. The number of alkyl halides is 3. The fourth-order valence-electron chi connectivity index (χ4n) is 3.36. The molecule has 150 valence electrons. The Labute approximate surface area is 164 Å². The molecule has 0 spiro atoms. The minimum Gasteiger partial charge on any atom is -0.449 e. The van der Waals surface area contributed by atoms with E-state index in [0.717, 1.165) is 7.05 Å². The molecule has 1 fully saturated rings. The Kier molecular flexibility index (Phi) is 7.13. The molecule has 1 aliphatic rings. The first-order valence-electron chi connectivity index (χ1n) is 8.59. The van der Waals surface area contributed by atoms with E-state index in [-0.39, 0.29) is 18.1 Å². The van der Waals surface area contributed by atoms with E-state index in [2.05, 4.69) is 15.9 Å². The fourth-order valence-corrected chi connectivity index (χ4v) is 3.62. The largest absolute Gasteiger partial charge is 0.449 e. The summed E-state index contributed by atoms with van der Waals surface area (Å²) in [4.78, 5) is 23.9. The van der Waals surface area contributed by atoms with Crippen molar-refractivity contribution in [1.82, 2.24) is 4.90 Å². The predicted molar refractivity (Wildman–Crippen MR) is 96.7 cm³/mol. The highest BCUT2D eigenvalue weighted by Crippen LogP contribution is 2.39. The second-order valence-electron chi connectivity index (χ2n) is 6.73. The minimum absolute atomic E-state index is 0.0589. The van der Waals surface area contributed by atoms with Gasteiger partial charge in [-0.2, -0.15) is 0 Å². The van der Waals surface area contributed by atoms with Gasteiger partial charge in [-0.3, -0.25) is 4.79 Å². The maximum atomic E-state index is 15.3. The molecule has 0 heterocycles. The van der Waals surface area contributed by atoms with Crippen LogP contribution in [0.25, 0.3) is 0 Å². The SMILES string of the molecule is CN(C(=O)C1CCC(COC(N)=O)CC1)C(F)(c1ccc(Br)cc1)C(F)F. The monoisotopic (exact) mass is 450 g/mol. The third-order valence-corrected chi connectivity index (χ3v) is 5.54. The Morgan fingerprint density at radius 2 is 1.81 bits per heavy atom. The van der Waals surface area contributed by atoms with E-state index in [1.807, 2.05) is 0 Å². The molecule has 1 aromatic carbocycles. The van der Waals surface area contributed by atoms with Gasteiger partial charge >= 0.3 is 6.09 Å². The molecular weight excluding hydrogens is 429 g/mol. The molecule has 0 aliphatic heterocycles.